The molecule has 1 N–H and O–H groups in total. The van der Waals surface area contributed by atoms with Gasteiger partial charge in [0.05, 0.1) is 5.41 Å². The Morgan fingerprint density at radius 2 is 1.67 bits per heavy atom. The smallest absolute Gasteiger partial charge is 0.309 e. The summed E-state index contributed by atoms with van der Waals surface area (Å²) in [5.74, 6) is -3.81. The molecule has 0 radical (unpaired) electrons. The van der Waals surface area contributed by atoms with E-state index in [0.717, 1.165) is 0 Å². The monoisotopic (exact) mass is 303 g/mol. The van der Waals surface area contributed by atoms with Gasteiger partial charge in [-0.15, -0.1) is 0 Å². The highest BCUT2D eigenvalue weighted by Crippen LogP contribution is 2.39. The number of nitrogens with zero attached hydrogens (tertiary/aromatic N) is 1. The fourth-order valence-corrected chi connectivity index (χ4v) is 3.42. The van der Waals surface area contributed by atoms with E-state index >= 15 is 0 Å². The van der Waals surface area contributed by atoms with Crippen molar-refractivity contribution in [2.75, 3.05) is 13.1 Å². The van der Waals surface area contributed by atoms with E-state index in [1.165, 1.54) is 0 Å². The molecule has 2 fully saturated rings. The van der Waals surface area contributed by atoms with Crippen molar-refractivity contribution in [2.45, 2.75) is 57.8 Å². The minimum atomic E-state index is -2.63. The van der Waals surface area contributed by atoms with Gasteiger partial charge in [0.15, 0.2) is 0 Å². The molecule has 0 aromatic rings. The van der Waals surface area contributed by atoms with Crippen LogP contribution in [0.3, 0.4) is 0 Å². The Labute approximate surface area is 123 Å². The van der Waals surface area contributed by atoms with Gasteiger partial charge in [0.1, 0.15) is 0 Å². The molecule has 1 aliphatic heterocycles. The van der Waals surface area contributed by atoms with E-state index < -0.39 is 17.3 Å². The van der Waals surface area contributed by atoms with Crippen molar-refractivity contribution in [1.29, 1.82) is 0 Å². The standard InChI is InChI=1S/C15H23F2NO3/c1-2-14(13(20)21)7-9-18(10-8-14)12(19)11-3-5-15(16,17)6-4-11/h11H,2-10H2,1H3,(H,20,21). The van der Waals surface area contributed by atoms with E-state index in [1.54, 1.807) is 4.90 Å². The van der Waals surface area contributed by atoms with Crippen LogP contribution in [0.2, 0.25) is 0 Å². The minimum absolute atomic E-state index is 0.0689. The van der Waals surface area contributed by atoms with E-state index in [-0.39, 0.29) is 37.5 Å². The molecule has 1 saturated carbocycles. The molecule has 21 heavy (non-hydrogen) atoms. The number of carbonyl (C=O) groups excluding carboxylic acids is 1. The number of hydrogen-bond donors (Lipinski definition) is 1. The Kier molecular flexibility index (Phi) is 4.54. The van der Waals surface area contributed by atoms with E-state index in [2.05, 4.69) is 0 Å². The number of amides is 1. The lowest BCUT2D eigenvalue weighted by Crippen LogP contribution is -2.48. The third-order valence-corrected chi connectivity index (χ3v) is 5.23. The molecule has 1 aliphatic carbocycles. The molecular weight excluding hydrogens is 280 g/mol. The summed E-state index contributed by atoms with van der Waals surface area (Å²) in [5, 5.41) is 9.33. The third kappa shape index (κ3) is 3.35. The van der Waals surface area contributed by atoms with E-state index in [0.29, 0.717) is 32.4 Å². The average molecular weight is 303 g/mol. The van der Waals surface area contributed by atoms with Crippen LogP contribution in [0, 0.1) is 11.3 Å². The Bertz CT molecular complexity index is 407. The van der Waals surface area contributed by atoms with Gasteiger partial charge in [-0.25, -0.2) is 8.78 Å². The van der Waals surface area contributed by atoms with Crippen LogP contribution in [-0.2, 0) is 9.59 Å². The highest BCUT2D eigenvalue weighted by atomic mass is 19.3. The summed E-state index contributed by atoms with van der Waals surface area (Å²) in [4.78, 5) is 25.4. The van der Waals surface area contributed by atoms with Gasteiger partial charge >= 0.3 is 5.97 Å². The average Bonchev–Trinajstić information content (AvgIpc) is 2.46. The lowest BCUT2D eigenvalue weighted by molar-refractivity contribution is -0.156. The number of likely N-dealkylation sites (tertiary alicyclic amines) is 1. The van der Waals surface area contributed by atoms with Gasteiger partial charge in [0, 0.05) is 31.8 Å². The van der Waals surface area contributed by atoms with Crippen LogP contribution in [0.15, 0.2) is 0 Å². The van der Waals surface area contributed by atoms with Gasteiger partial charge < -0.3 is 10.0 Å². The normalized spacial score (nSPS) is 25.6. The van der Waals surface area contributed by atoms with Crippen molar-refractivity contribution in [3.63, 3.8) is 0 Å². The summed E-state index contributed by atoms with van der Waals surface area (Å²) in [6.07, 6.45) is 1.50. The van der Waals surface area contributed by atoms with Crippen LogP contribution in [0.25, 0.3) is 0 Å². The first kappa shape index (κ1) is 16.2. The van der Waals surface area contributed by atoms with E-state index in [4.69, 9.17) is 0 Å². The van der Waals surface area contributed by atoms with Crippen molar-refractivity contribution < 1.29 is 23.5 Å². The van der Waals surface area contributed by atoms with Crippen molar-refractivity contribution >= 4 is 11.9 Å². The predicted octanol–water partition coefficient (Wildman–Crippen LogP) is 2.92. The quantitative estimate of drug-likeness (QED) is 0.872. The largest absolute Gasteiger partial charge is 0.481 e. The van der Waals surface area contributed by atoms with Crippen molar-refractivity contribution in [3.05, 3.63) is 0 Å². The molecule has 2 aliphatic rings. The molecule has 0 spiro atoms. The molecule has 0 aromatic heterocycles. The lowest BCUT2D eigenvalue weighted by atomic mass is 9.76. The molecule has 120 valence electrons. The fraction of sp³-hybridized carbons (Fsp3) is 0.867. The van der Waals surface area contributed by atoms with Gasteiger partial charge in [-0.1, -0.05) is 6.92 Å². The number of alkyl halides is 2. The maximum absolute atomic E-state index is 13.1. The predicted molar refractivity (Wildman–Crippen MR) is 73.1 cm³/mol. The Morgan fingerprint density at radius 3 is 2.10 bits per heavy atom. The molecule has 1 heterocycles. The van der Waals surface area contributed by atoms with Crippen molar-refractivity contribution in [3.8, 4) is 0 Å². The van der Waals surface area contributed by atoms with Crippen LogP contribution in [0.5, 0.6) is 0 Å². The summed E-state index contributed by atoms with van der Waals surface area (Å²) in [5.41, 5.74) is -0.726. The van der Waals surface area contributed by atoms with Gasteiger partial charge in [0.2, 0.25) is 11.8 Å². The zero-order valence-corrected chi connectivity index (χ0v) is 12.4. The van der Waals surface area contributed by atoms with Gasteiger partial charge in [-0.2, -0.15) is 0 Å². The molecule has 6 heteroatoms. The summed E-state index contributed by atoms with van der Waals surface area (Å²) in [6.45, 7) is 2.70. The van der Waals surface area contributed by atoms with Crippen LogP contribution in [0.4, 0.5) is 8.78 Å². The molecule has 0 bridgehead atoms. The van der Waals surface area contributed by atoms with Gasteiger partial charge in [-0.3, -0.25) is 9.59 Å². The molecule has 0 atom stereocenters. The highest BCUT2D eigenvalue weighted by molar-refractivity contribution is 5.80. The number of carboxylic acids is 1. The van der Waals surface area contributed by atoms with Crippen molar-refractivity contribution in [2.24, 2.45) is 11.3 Å². The topological polar surface area (TPSA) is 57.6 Å². The number of rotatable bonds is 3. The molecule has 0 unspecified atom stereocenters. The SMILES string of the molecule is CCC1(C(=O)O)CCN(C(=O)C2CCC(F)(F)CC2)CC1. The first-order chi connectivity index (χ1) is 9.80. The highest BCUT2D eigenvalue weighted by Gasteiger charge is 2.43. The number of piperidine rings is 1. The maximum atomic E-state index is 13.1. The Hall–Kier alpha value is -1.20. The number of halogens is 2. The second-order valence-corrected chi connectivity index (χ2v) is 6.39. The minimum Gasteiger partial charge on any atom is -0.481 e. The Morgan fingerprint density at radius 1 is 1.14 bits per heavy atom. The first-order valence-electron chi connectivity index (χ1n) is 7.70. The summed E-state index contributed by atoms with van der Waals surface area (Å²) >= 11 is 0. The van der Waals surface area contributed by atoms with Crippen LogP contribution in [0.1, 0.15) is 51.9 Å². The lowest BCUT2D eigenvalue weighted by Gasteiger charge is -2.40. The zero-order chi connectivity index (χ0) is 15.7. The van der Waals surface area contributed by atoms with Gasteiger partial charge in [-0.05, 0) is 32.1 Å². The van der Waals surface area contributed by atoms with E-state index in [9.17, 15) is 23.5 Å². The third-order valence-electron chi connectivity index (χ3n) is 5.23. The second-order valence-electron chi connectivity index (χ2n) is 6.39. The van der Waals surface area contributed by atoms with Crippen LogP contribution >= 0.6 is 0 Å². The molecule has 1 amide bonds. The van der Waals surface area contributed by atoms with Crippen molar-refractivity contribution in [1.82, 2.24) is 4.90 Å². The number of aliphatic carboxylic acids is 1. The molecule has 1 saturated heterocycles. The molecular formula is C15H23F2NO3. The zero-order valence-electron chi connectivity index (χ0n) is 12.4. The Balaban J connectivity index is 1.90. The number of hydrogen-bond acceptors (Lipinski definition) is 2. The number of carbonyl (C=O) groups is 2. The fourth-order valence-electron chi connectivity index (χ4n) is 3.42. The summed E-state index contributed by atoms with van der Waals surface area (Å²) in [6, 6.07) is 0. The first-order valence-corrected chi connectivity index (χ1v) is 7.70. The van der Waals surface area contributed by atoms with E-state index in [1.807, 2.05) is 6.92 Å². The summed E-state index contributed by atoms with van der Waals surface area (Å²) in [7, 11) is 0. The van der Waals surface area contributed by atoms with Crippen LogP contribution < -0.4 is 0 Å². The number of carboxylic acid groups (broad SMARTS) is 1. The molecule has 4 nitrogen and oxygen atoms in total. The molecule has 0 aromatic carbocycles. The van der Waals surface area contributed by atoms with Gasteiger partial charge in [0.25, 0.3) is 0 Å². The second kappa shape index (κ2) is 5.89. The molecule has 2 rings (SSSR count). The maximum Gasteiger partial charge on any atom is 0.309 e. The summed E-state index contributed by atoms with van der Waals surface area (Å²) < 4.78 is 26.3. The van der Waals surface area contributed by atoms with Crippen LogP contribution in [-0.4, -0.2) is 40.9 Å².